The van der Waals surface area contributed by atoms with Gasteiger partial charge in [0.1, 0.15) is 0 Å². The minimum absolute atomic E-state index is 0. The number of methoxy groups -OCH3 is 1. The van der Waals surface area contributed by atoms with Gasteiger partial charge < -0.3 is 15.0 Å². The summed E-state index contributed by atoms with van der Waals surface area (Å²) in [7, 11) is 1.44. The number of ether oxygens (including phenoxy) is 1. The van der Waals surface area contributed by atoms with Gasteiger partial charge in [-0.2, -0.15) is 0 Å². The zero-order valence-corrected chi connectivity index (χ0v) is 17.4. The summed E-state index contributed by atoms with van der Waals surface area (Å²) in [5, 5.41) is 3.47. The van der Waals surface area contributed by atoms with Gasteiger partial charge in [0.2, 0.25) is 0 Å². The molecule has 0 aromatic heterocycles. The van der Waals surface area contributed by atoms with E-state index in [2.05, 4.69) is 27.1 Å². The number of rotatable bonds is 7. The first kappa shape index (κ1) is 21.7. The average molecular weight is 459 g/mol. The minimum Gasteiger partial charge on any atom is -0.469 e. The van der Waals surface area contributed by atoms with Gasteiger partial charge in [-0.25, -0.2) is 0 Å². The number of halogens is 1. The highest BCUT2D eigenvalue weighted by Gasteiger charge is 2.14. The smallest absolute Gasteiger partial charge is 0.305 e. The van der Waals surface area contributed by atoms with Gasteiger partial charge in [-0.05, 0) is 44.2 Å². The Morgan fingerprint density at radius 2 is 1.84 bits per heavy atom. The van der Waals surface area contributed by atoms with Gasteiger partial charge in [-0.15, -0.1) is 24.0 Å². The van der Waals surface area contributed by atoms with Crippen molar-refractivity contribution in [2.45, 2.75) is 44.9 Å². The maximum Gasteiger partial charge on any atom is 0.305 e. The largest absolute Gasteiger partial charge is 0.469 e. The van der Waals surface area contributed by atoms with Crippen molar-refractivity contribution in [3.63, 3.8) is 0 Å². The molecule has 2 rings (SSSR count). The van der Waals surface area contributed by atoms with Gasteiger partial charge in [0.05, 0.1) is 7.11 Å². The van der Waals surface area contributed by atoms with E-state index in [-0.39, 0.29) is 29.9 Å². The Morgan fingerprint density at radius 1 is 1.12 bits per heavy atom. The minimum atomic E-state index is -0.127. The lowest BCUT2D eigenvalue weighted by Crippen LogP contribution is -2.40. The summed E-state index contributed by atoms with van der Waals surface area (Å²) in [6.07, 6.45) is 7.13. The lowest BCUT2D eigenvalue weighted by atomic mass is 10.1. The van der Waals surface area contributed by atoms with Crippen molar-refractivity contribution in [1.82, 2.24) is 4.90 Å². The van der Waals surface area contributed by atoms with Crippen molar-refractivity contribution < 1.29 is 9.53 Å². The number of para-hydroxylation sites is 1. The Labute approximate surface area is 168 Å². The fraction of sp³-hybridized carbons (Fsp3) is 0.579. The Kier molecular flexibility index (Phi) is 11.3. The van der Waals surface area contributed by atoms with Crippen molar-refractivity contribution in [2.24, 2.45) is 4.99 Å². The third kappa shape index (κ3) is 8.56. The predicted octanol–water partition coefficient (Wildman–Crippen LogP) is 4.29. The Hall–Kier alpha value is -1.31. The van der Waals surface area contributed by atoms with E-state index in [4.69, 9.17) is 4.99 Å². The first-order valence-corrected chi connectivity index (χ1v) is 8.98. The highest BCUT2D eigenvalue weighted by molar-refractivity contribution is 14.0. The molecule has 0 spiro atoms. The molecule has 0 unspecified atom stereocenters. The zero-order valence-electron chi connectivity index (χ0n) is 15.1. The zero-order chi connectivity index (χ0) is 17.0. The lowest BCUT2D eigenvalue weighted by Gasteiger charge is -2.30. The molecular formula is C19H30IN3O2. The summed E-state index contributed by atoms with van der Waals surface area (Å²) in [6, 6.07) is 10.2. The van der Waals surface area contributed by atoms with Crippen LogP contribution < -0.4 is 5.32 Å². The van der Waals surface area contributed by atoms with Crippen LogP contribution in [-0.4, -0.2) is 43.6 Å². The van der Waals surface area contributed by atoms with Crippen LogP contribution >= 0.6 is 24.0 Å². The van der Waals surface area contributed by atoms with Gasteiger partial charge in [0.15, 0.2) is 5.96 Å². The molecule has 5 nitrogen and oxygen atoms in total. The van der Waals surface area contributed by atoms with Gasteiger partial charge in [0.25, 0.3) is 0 Å². The van der Waals surface area contributed by atoms with Crippen molar-refractivity contribution in [1.29, 1.82) is 0 Å². The molecule has 0 bridgehead atoms. The Bertz CT molecular complexity index is 517. The van der Waals surface area contributed by atoms with E-state index in [1.54, 1.807) is 0 Å². The summed E-state index contributed by atoms with van der Waals surface area (Å²) < 4.78 is 4.66. The van der Waals surface area contributed by atoms with Gasteiger partial charge in [-0.3, -0.25) is 9.79 Å². The number of carbonyl (C=O) groups is 1. The number of hydrogen-bond donors (Lipinski definition) is 1. The number of guanidine groups is 1. The number of esters is 1. The summed E-state index contributed by atoms with van der Waals surface area (Å²) in [5.74, 6) is 0.854. The van der Waals surface area contributed by atoms with E-state index in [0.29, 0.717) is 6.42 Å². The van der Waals surface area contributed by atoms with E-state index >= 15 is 0 Å². The van der Waals surface area contributed by atoms with Crippen LogP contribution in [0.5, 0.6) is 0 Å². The van der Waals surface area contributed by atoms with E-state index in [1.165, 1.54) is 26.4 Å². The normalized spacial score (nSPS) is 14.6. The van der Waals surface area contributed by atoms with Crippen LogP contribution in [0.4, 0.5) is 5.69 Å². The summed E-state index contributed by atoms with van der Waals surface area (Å²) >= 11 is 0. The van der Waals surface area contributed by atoms with E-state index in [1.807, 2.05) is 18.2 Å². The van der Waals surface area contributed by atoms with Crippen molar-refractivity contribution in [3.8, 4) is 0 Å². The first-order valence-electron chi connectivity index (χ1n) is 8.98. The van der Waals surface area contributed by atoms with Gasteiger partial charge in [-0.1, -0.05) is 24.6 Å². The van der Waals surface area contributed by atoms with Crippen LogP contribution in [-0.2, 0) is 9.53 Å². The molecule has 0 aliphatic carbocycles. The summed E-state index contributed by atoms with van der Waals surface area (Å²) in [5.41, 5.74) is 1.08. The molecule has 1 saturated heterocycles. The standard InChI is InChI=1S/C19H29N3O2.HI/c1-24-18(23)13-7-3-8-14-20-19(22-15-9-4-10-16-22)21-17-11-5-2-6-12-17;/h2,5-6,11-12H,3-4,7-10,13-16H2,1H3,(H,20,21);1H. The molecular weight excluding hydrogens is 429 g/mol. The first-order chi connectivity index (χ1) is 11.8. The second-order valence-electron chi connectivity index (χ2n) is 6.13. The number of anilines is 1. The second kappa shape index (κ2) is 13.0. The third-order valence-corrected chi connectivity index (χ3v) is 4.21. The molecule has 0 atom stereocenters. The fourth-order valence-electron chi connectivity index (χ4n) is 2.82. The van der Waals surface area contributed by atoms with Crippen LogP contribution in [0.25, 0.3) is 0 Å². The molecule has 0 radical (unpaired) electrons. The molecule has 1 aromatic carbocycles. The number of carbonyl (C=O) groups excluding carboxylic acids is 1. The second-order valence-corrected chi connectivity index (χ2v) is 6.13. The highest BCUT2D eigenvalue weighted by atomic mass is 127. The number of piperidine rings is 1. The number of aliphatic imine (C=N–C) groups is 1. The number of nitrogens with one attached hydrogen (secondary N) is 1. The average Bonchev–Trinajstić information content (AvgIpc) is 2.64. The molecule has 1 N–H and O–H groups in total. The lowest BCUT2D eigenvalue weighted by molar-refractivity contribution is -0.140. The number of nitrogens with zero attached hydrogens (tertiary/aromatic N) is 2. The molecule has 6 heteroatoms. The fourth-order valence-corrected chi connectivity index (χ4v) is 2.82. The highest BCUT2D eigenvalue weighted by Crippen LogP contribution is 2.13. The van der Waals surface area contributed by atoms with E-state index in [9.17, 15) is 4.79 Å². The molecule has 1 heterocycles. The van der Waals surface area contributed by atoms with E-state index in [0.717, 1.165) is 50.5 Å². The van der Waals surface area contributed by atoms with Crippen LogP contribution in [0.1, 0.15) is 44.9 Å². The topological polar surface area (TPSA) is 53.9 Å². The summed E-state index contributed by atoms with van der Waals surface area (Å²) in [6.45, 7) is 2.93. The molecule has 0 saturated carbocycles. The SMILES string of the molecule is COC(=O)CCCCCN=C(Nc1ccccc1)N1CCCCC1.I. The van der Waals surface area contributed by atoms with Crippen LogP contribution in [0, 0.1) is 0 Å². The van der Waals surface area contributed by atoms with Crippen molar-refractivity contribution in [3.05, 3.63) is 30.3 Å². The molecule has 1 aliphatic rings. The molecule has 1 aliphatic heterocycles. The molecule has 140 valence electrons. The number of benzene rings is 1. The van der Waals surface area contributed by atoms with Crippen molar-refractivity contribution >= 4 is 41.6 Å². The number of likely N-dealkylation sites (tertiary alicyclic amines) is 1. The Morgan fingerprint density at radius 3 is 2.52 bits per heavy atom. The number of unbranched alkanes of at least 4 members (excludes halogenated alkanes) is 2. The maximum absolute atomic E-state index is 11.1. The van der Waals surface area contributed by atoms with Crippen molar-refractivity contribution in [2.75, 3.05) is 32.1 Å². The maximum atomic E-state index is 11.1. The van der Waals surface area contributed by atoms with Crippen LogP contribution in [0.2, 0.25) is 0 Å². The van der Waals surface area contributed by atoms with Gasteiger partial charge in [0, 0.05) is 31.7 Å². The molecule has 1 aromatic rings. The molecule has 25 heavy (non-hydrogen) atoms. The Balaban J connectivity index is 0.00000312. The predicted molar refractivity (Wildman–Crippen MR) is 114 cm³/mol. The molecule has 0 amide bonds. The summed E-state index contributed by atoms with van der Waals surface area (Å²) in [4.78, 5) is 18.2. The quantitative estimate of drug-likeness (QED) is 0.217. The van der Waals surface area contributed by atoms with Gasteiger partial charge >= 0.3 is 5.97 Å². The third-order valence-electron chi connectivity index (χ3n) is 4.21. The molecule has 1 fully saturated rings. The van der Waals surface area contributed by atoms with Crippen LogP contribution in [0.15, 0.2) is 35.3 Å². The van der Waals surface area contributed by atoms with E-state index < -0.39 is 0 Å². The van der Waals surface area contributed by atoms with Crippen LogP contribution in [0.3, 0.4) is 0 Å². The monoisotopic (exact) mass is 459 g/mol. The number of hydrogen-bond acceptors (Lipinski definition) is 3.